The monoisotopic (exact) mass is 378 g/mol. The first-order valence-electron chi connectivity index (χ1n) is 9.13. The van der Waals surface area contributed by atoms with E-state index in [9.17, 15) is 4.79 Å². The molecule has 1 atom stereocenters. The molecule has 22 heavy (non-hydrogen) atoms. The molecule has 0 aromatic heterocycles. The molecule has 1 aliphatic rings. The molecule has 0 amide bonds. The van der Waals surface area contributed by atoms with Crippen molar-refractivity contribution in [1.29, 1.82) is 0 Å². The van der Waals surface area contributed by atoms with E-state index in [0.717, 1.165) is 12.8 Å². The Morgan fingerprint density at radius 1 is 0.909 bits per heavy atom. The molecule has 0 N–H and O–H groups in total. The number of alkyl halides is 1. The average molecular weight is 379 g/mol. The molecule has 3 nitrogen and oxygen atoms in total. The number of carbonyl (C=O) groups excluding carboxylic acids is 1. The second kappa shape index (κ2) is 17.1. The molecule has 0 aromatic carbocycles. The minimum absolute atomic E-state index is 0.0209. The lowest BCUT2D eigenvalue weighted by molar-refractivity contribution is 0.115. The van der Waals surface area contributed by atoms with Gasteiger partial charge in [-0.1, -0.05) is 87.6 Å². The van der Waals surface area contributed by atoms with Crippen LogP contribution in [0.5, 0.6) is 0 Å². The number of hydrogen-bond acceptors (Lipinski definition) is 3. The van der Waals surface area contributed by atoms with Gasteiger partial charge in [-0.05, 0) is 19.3 Å². The molecule has 0 saturated carbocycles. The zero-order chi connectivity index (χ0) is 16.5. The Bertz CT molecular complexity index is 242. The lowest BCUT2D eigenvalue weighted by Crippen LogP contribution is -2.09. The SMILES string of the molecule is CCCCCBr.CCCCCCCCCCC1COC(=O)O1. The molecule has 1 heterocycles. The molecule has 1 saturated heterocycles. The molecule has 1 unspecified atom stereocenters. The van der Waals surface area contributed by atoms with E-state index in [2.05, 4.69) is 29.8 Å². The van der Waals surface area contributed by atoms with Gasteiger partial charge in [0.2, 0.25) is 0 Å². The van der Waals surface area contributed by atoms with Crippen molar-refractivity contribution < 1.29 is 14.3 Å². The molecule has 132 valence electrons. The predicted octanol–water partition coefficient (Wildman–Crippen LogP) is 6.62. The van der Waals surface area contributed by atoms with Gasteiger partial charge in [0.05, 0.1) is 0 Å². The van der Waals surface area contributed by atoms with E-state index in [-0.39, 0.29) is 6.10 Å². The van der Waals surface area contributed by atoms with Crippen LogP contribution >= 0.6 is 15.9 Å². The van der Waals surface area contributed by atoms with E-state index in [4.69, 9.17) is 9.47 Å². The summed E-state index contributed by atoms with van der Waals surface area (Å²) in [7, 11) is 0. The van der Waals surface area contributed by atoms with Crippen molar-refractivity contribution in [3.8, 4) is 0 Å². The van der Waals surface area contributed by atoms with Gasteiger partial charge in [0.15, 0.2) is 0 Å². The third-order valence-corrected chi connectivity index (χ3v) is 4.33. The summed E-state index contributed by atoms with van der Waals surface area (Å²) in [6.45, 7) is 4.91. The molecule has 0 aliphatic carbocycles. The van der Waals surface area contributed by atoms with Crippen molar-refractivity contribution in [2.75, 3.05) is 11.9 Å². The van der Waals surface area contributed by atoms with Gasteiger partial charge in [-0.2, -0.15) is 0 Å². The third kappa shape index (κ3) is 14.7. The fourth-order valence-corrected chi connectivity index (χ4v) is 2.75. The Labute approximate surface area is 145 Å². The van der Waals surface area contributed by atoms with Crippen molar-refractivity contribution in [2.45, 2.75) is 97.0 Å². The van der Waals surface area contributed by atoms with Gasteiger partial charge in [-0.15, -0.1) is 0 Å². The zero-order valence-electron chi connectivity index (χ0n) is 14.6. The van der Waals surface area contributed by atoms with Crippen LogP contribution in [0.3, 0.4) is 0 Å². The number of carbonyl (C=O) groups is 1. The van der Waals surface area contributed by atoms with Crippen LogP contribution in [0.25, 0.3) is 0 Å². The van der Waals surface area contributed by atoms with E-state index >= 15 is 0 Å². The maximum absolute atomic E-state index is 10.6. The van der Waals surface area contributed by atoms with E-state index in [1.165, 1.54) is 69.5 Å². The first kappa shape index (κ1) is 21.8. The second-order valence-corrected chi connectivity index (χ2v) is 6.75. The second-order valence-electron chi connectivity index (χ2n) is 5.96. The molecule has 4 heteroatoms. The van der Waals surface area contributed by atoms with Crippen LogP contribution in [0.4, 0.5) is 4.79 Å². The number of unbranched alkanes of at least 4 members (excludes halogenated alkanes) is 9. The minimum Gasteiger partial charge on any atom is -0.430 e. The van der Waals surface area contributed by atoms with Gasteiger partial charge in [-0.3, -0.25) is 0 Å². The Hall–Kier alpha value is -0.250. The topological polar surface area (TPSA) is 35.5 Å². The van der Waals surface area contributed by atoms with Crippen LogP contribution in [0.1, 0.15) is 90.9 Å². The van der Waals surface area contributed by atoms with Gasteiger partial charge < -0.3 is 9.47 Å². The maximum atomic E-state index is 10.6. The van der Waals surface area contributed by atoms with Crippen molar-refractivity contribution in [2.24, 2.45) is 0 Å². The molecular weight excluding hydrogens is 344 g/mol. The van der Waals surface area contributed by atoms with Crippen molar-refractivity contribution in [3.63, 3.8) is 0 Å². The van der Waals surface area contributed by atoms with E-state index < -0.39 is 6.16 Å². The van der Waals surface area contributed by atoms with Gasteiger partial charge in [-0.25, -0.2) is 4.79 Å². The highest BCUT2D eigenvalue weighted by Crippen LogP contribution is 2.15. The summed E-state index contributed by atoms with van der Waals surface area (Å²) in [5.41, 5.74) is 0. The minimum atomic E-state index is -0.496. The van der Waals surface area contributed by atoms with Gasteiger partial charge >= 0.3 is 6.16 Å². The highest BCUT2D eigenvalue weighted by atomic mass is 79.9. The quantitative estimate of drug-likeness (QED) is 0.217. The molecule has 1 fully saturated rings. The number of hydrogen-bond donors (Lipinski definition) is 0. The highest BCUT2D eigenvalue weighted by Gasteiger charge is 2.23. The molecule has 0 spiro atoms. The van der Waals surface area contributed by atoms with Crippen LogP contribution in [0.15, 0.2) is 0 Å². The van der Waals surface area contributed by atoms with Crippen LogP contribution in [-0.4, -0.2) is 24.2 Å². The number of cyclic esters (lactones) is 2. The Morgan fingerprint density at radius 2 is 1.45 bits per heavy atom. The molecule has 0 aromatic rings. The molecule has 1 aliphatic heterocycles. The standard InChI is InChI=1S/C13H24O3.C5H11Br/c1-2-3-4-5-6-7-8-9-10-12-11-15-13(14)16-12;1-2-3-4-5-6/h12H,2-11H2,1H3;2-5H2,1H3. The van der Waals surface area contributed by atoms with Crippen molar-refractivity contribution >= 4 is 22.1 Å². The van der Waals surface area contributed by atoms with E-state index in [0.29, 0.717) is 6.61 Å². The Kier molecular flexibility index (Phi) is 16.9. The van der Waals surface area contributed by atoms with Gasteiger partial charge in [0, 0.05) is 5.33 Å². The number of rotatable bonds is 12. The summed E-state index contributed by atoms with van der Waals surface area (Å²) in [5, 5.41) is 1.17. The van der Waals surface area contributed by atoms with Crippen LogP contribution in [0.2, 0.25) is 0 Å². The number of halogens is 1. The Balaban J connectivity index is 0.000000626. The summed E-state index contributed by atoms with van der Waals surface area (Å²) in [4.78, 5) is 10.6. The smallest absolute Gasteiger partial charge is 0.430 e. The van der Waals surface area contributed by atoms with E-state index in [1.807, 2.05) is 0 Å². The summed E-state index contributed by atoms with van der Waals surface area (Å²) in [6, 6.07) is 0. The van der Waals surface area contributed by atoms with Crippen LogP contribution < -0.4 is 0 Å². The fraction of sp³-hybridized carbons (Fsp3) is 0.944. The molecule has 0 radical (unpaired) electrons. The first-order chi connectivity index (χ1) is 10.7. The van der Waals surface area contributed by atoms with Gasteiger partial charge in [0.25, 0.3) is 0 Å². The molecule has 1 rings (SSSR count). The van der Waals surface area contributed by atoms with Crippen molar-refractivity contribution in [1.82, 2.24) is 0 Å². The van der Waals surface area contributed by atoms with Gasteiger partial charge in [0.1, 0.15) is 12.7 Å². The lowest BCUT2D eigenvalue weighted by Gasteiger charge is -2.05. The number of ether oxygens (including phenoxy) is 2. The molecular formula is C18H35BrO3. The summed E-state index contributed by atoms with van der Waals surface area (Å²) in [6.07, 6.45) is 15.0. The average Bonchev–Trinajstić information content (AvgIpc) is 2.94. The molecule has 0 bridgehead atoms. The highest BCUT2D eigenvalue weighted by molar-refractivity contribution is 9.09. The summed E-state index contributed by atoms with van der Waals surface area (Å²) < 4.78 is 9.69. The normalized spacial score (nSPS) is 16.7. The largest absolute Gasteiger partial charge is 0.508 e. The van der Waals surface area contributed by atoms with Crippen LogP contribution in [0, 0.1) is 0 Å². The first-order valence-corrected chi connectivity index (χ1v) is 10.3. The Morgan fingerprint density at radius 3 is 1.91 bits per heavy atom. The summed E-state index contributed by atoms with van der Waals surface area (Å²) >= 11 is 3.35. The van der Waals surface area contributed by atoms with Crippen molar-refractivity contribution in [3.05, 3.63) is 0 Å². The fourth-order valence-electron chi connectivity index (χ4n) is 2.36. The maximum Gasteiger partial charge on any atom is 0.508 e. The van der Waals surface area contributed by atoms with E-state index in [1.54, 1.807) is 0 Å². The third-order valence-electron chi connectivity index (χ3n) is 3.77. The predicted molar refractivity (Wildman–Crippen MR) is 96.8 cm³/mol. The van der Waals surface area contributed by atoms with Crippen LogP contribution in [-0.2, 0) is 9.47 Å². The zero-order valence-corrected chi connectivity index (χ0v) is 16.2. The lowest BCUT2D eigenvalue weighted by atomic mass is 10.1. The summed E-state index contributed by atoms with van der Waals surface area (Å²) in [5.74, 6) is 0.